The van der Waals surface area contributed by atoms with E-state index in [1.807, 2.05) is 14.1 Å². The molecule has 3 atom stereocenters. The number of fused-ring (bicyclic) bond motifs is 1. The van der Waals surface area contributed by atoms with Gasteiger partial charge in [-0.25, -0.2) is 0 Å². The number of carbonyl (C=O) groups excluding carboxylic acids is 1. The van der Waals surface area contributed by atoms with Gasteiger partial charge < -0.3 is 10.2 Å². The van der Waals surface area contributed by atoms with Crippen molar-refractivity contribution in [1.82, 2.24) is 10.2 Å². The lowest BCUT2D eigenvalue weighted by molar-refractivity contribution is -0.130. The summed E-state index contributed by atoms with van der Waals surface area (Å²) in [6.45, 7) is 2.10. The third-order valence-corrected chi connectivity index (χ3v) is 2.82. The molecule has 1 saturated heterocycles. The van der Waals surface area contributed by atoms with Crippen molar-refractivity contribution in [3.8, 4) is 0 Å². The summed E-state index contributed by atoms with van der Waals surface area (Å²) in [5.74, 6) is 1.99. The van der Waals surface area contributed by atoms with Gasteiger partial charge in [-0.1, -0.05) is 0 Å². The van der Waals surface area contributed by atoms with Crippen molar-refractivity contribution in [2.75, 3.05) is 27.2 Å². The molecule has 2 rings (SSSR count). The lowest BCUT2D eigenvalue weighted by atomic mass is 10.2. The highest BCUT2D eigenvalue weighted by Gasteiger charge is 2.57. The summed E-state index contributed by atoms with van der Waals surface area (Å²) >= 11 is 0. The molecule has 70 valence electrons. The molecule has 0 aromatic heterocycles. The Morgan fingerprint density at radius 2 is 1.83 bits per heavy atom. The van der Waals surface area contributed by atoms with Gasteiger partial charge in [0.05, 0.1) is 0 Å². The van der Waals surface area contributed by atoms with Gasteiger partial charge in [-0.3, -0.25) is 4.79 Å². The van der Waals surface area contributed by atoms with E-state index in [0.717, 1.165) is 13.1 Å². The van der Waals surface area contributed by atoms with Crippen LogP contribution in [0, 0.1) is 17.8 Å². The Balaban J connectivity index is 0.000000720. The predicted molar refractivity (Wildman–Crippen MR) is 49.3 cm³/mol. The summed E-state index contributed by atoms with van der Waals surface area (Å²) in [5, 5.41) is 3.27. The number of amides is 1. The van der Waals surface area contributed by atoms with Gasteiger partial charge in [-0.05, 0) is 24.9 Å². The maximum absolute atomic E-state index is 11.4. The summed E-state index contributed by atoms with van der Waals surface area (Å²) in [6.07, 6.45) is 0. The summed E-state index contributed by atoms with van der Waals surface area (Å²) in [6, 6.07) is 0. The topological polar surface area (TPSA) is 32.3 Å². The molecule has 4 heteroatoms. The van der Waals surface area contributed by atoms with E-state index in [0.29, 0.717) is 23.7 Å². The Hall–Kier alpha value is -0.280. The number of piperidine rings is 1. The van der Waals surface area contributed by atoms with Gasteiger partial charge in [0.15, 0.2) is 0 Å². The SMILES string of the molecule is CN(C)C(=O)C1[C@H]2CNC[C@@H]12.Cl. The average molecular weight is 191 g/mol. The molecule has 12 heavy (non-hydrogen) atoms. The molecule has 0 aromatic rings. The number of hydrogen-bond donors (Lipinski definition) is 1. The summed E-state index contributed by atoms with van der Waals surface area (Å²) in [7, 11) is 3.67. The summed E-state index contributed by atoms with van der Waals surface area (Å²) in [5.41, 5.74) is 0. The van der Waals surface area contributed by atoms with Crippen LogP contribution >= 0.6 is 12.4 Å². The van der Waals surface area contributed by atoms with E-state index in [4.69, 9.17) is 0 Å². The molecule has 2 aliphatic rings. The third kappa shape index (κ3) is 1.31. The molecule has 1 saturated carbocycles. The van der Waals surface area contributed by atoms with Gasteiger partial charge in [0, 0.05) is 20.0 Å². The maximum atomic E-state index is 11.4. The fraction of sp³-hybridized carbons (Fsp3) is 0.875. The van der Waals surface area contributed by atoms with Crippen molar-refractivity contribution < 1.29 is 4.79 Å². The molecular formula is C8H15ClN2O. The predicted octanol–water partition coefficient (Wildman–Crippen LogP) is -0.0382. The van der Waals surface area contributed by atoms with Crippen molar-refractivity contribution in [2.45, 2.75) is 0 Å². The number of rotatable bonds is 1. The first-order chi connectivity index (χ1) is 5.22. The van der Waals surface area contributed by atoms with Crippen LogP contribution in [-0.4, -0.2) is 38.0 Å². The van der Waals surface area contributed by atoms with Crippen LogP contribution in [0.15, 0.2) is 0 Å². The van der Waals surface area contributed by atoms with E-state index < -0.39 is 0 Å². The lowest BCUT2D eigenvalue weighted by Gasteiger charge is -2.11. The minimum absolute atomic E-state index is 0. The Bertz CT molecular complexity index is 185. The Kier molecular flexibility index (Phi) is 2.64. The highest BCUT2D eigenvalue weighted by molar-refractivity contribution is 5.85. The zero-order valence-corrected chi connectivity index (χ0v) is 8.23. The molecule has 1 N–H and O–H groups in total. The van der Waals surface area contributed by atoms with Gasteiger partial charge >= 0.3 is 0 Å². The smallest absolute Gasteiger partial charge is 0.225 e. The highest BCUT2D eigenvalue weighted by Crippen LogP contribution is 2.49. The van der Waals surface area contributed by atoms with Crippen LogP contribution in [-0.2, 0) is 4.79 Å². The van der Waals surface area contributed by atoms with Crippen LogP contribution in [0.3, 0.4) is 0 Å². The van der Waals surface area contributed by atoms with E-state index in [1.165, 1.54) is 0 Å². The number of hydrogen-bond acceptors (Lipinski definition) is 2. The minimum atomic E-state index is 0. The van der Waals surface area contributed by atoms with Crippen LogP contribution in [0.1, 0.15) is 0 Å². The van der Waals surface area contributed by atoms with E-state index in [2.05, 4.69) is 5.32 Å². The van der Waals surface area contributed by atoms with Crippen LogP contribution in [0.4, 0.5) is 0 Å². The normalized spacial score (nSPS) is 36.7. The first kappa shape index (κ1) is 9.81. The van der Waals surface area contributed by atoms with Crippen LogP contribution in [0.2, 0.25) is 0 Å². The number of halogens is 1. The Labute approximate surface area is 78.9 Å². The molecule has 2 fully saturated rings. The van der Waals surface area contributed by atoms with Crippen molar-refractivity contribution in [3.63, 3.8) is 0 Å². The molecule has 3 nitrogen and oxygen atoms in total. The van der Waals surface area contributed by atoms with Crippen LogP contribution < -0.4 is 5.32 Å². The summed E-state index contributed by atoms with van der Waals surface area (Å²) < 4.78 is 0. The first-order valence-corrected chi connectivity index (χ1v) is 4.13. The second kappa shape index (κ2) is 3.23. The van der Waals surface area contributed by atoms with Gasteiger partial charge in [-0.2, -0.15) is 0 Å². The maximum Gasteiger partial charge on any atom is 0.225 e. The first-order valence-electron chi connectivity index (χ1n) is 4.13. The average Bonchev–Trinajstić information content (AvgIpc) is 2.41. The van der Waals surface area contributed by atoms with Crippen LogP contribution in [0.5, 0.6) is 0 Å². The van der Waals surface area contributed by atoms with E-state index in [-0.39, 0.29) is 12.4 Å². The zero-order valence-electron chi connectivity index (χ0n) is 7.41. The van der Waals surface area contributed by atoms with E-state index >= 15 is 0 Å². The minimum Gasteiger partial charge on any atom is -0.349 e. The molecule has 1 amide bonds. The number of carbonyl (C=O) groups is 1. The molecule has 1 heterocycles. The molecule has 0 spiro atoms. The lowest BCUT2D eigenvalue weighted by Crippen LogP contribution is -2.28. The largest absolute Gasteiger partial charge is 0.349 e. The molecular weight excluding hydrogens is 176 g/mol. The van der Waals surface area contributed by atoms with Gasteiger partial charge in [0.2, 0.25) is 5.91 Å². The molecule has 1 aliphatic carbocycles. The van der Waals surface area contributed by atoms with Crippen LogP contribution in [0.25, 0.3) is 0 Å². The standard InChI is InChI=1S/C8H14N2O.ClH/c1-10(2)8(11)7-5-3-9-4-6(5)7;/h5-7,9H,3-4H2,1-2H3;1H/t5-,6+,7?;. The van der Waals surface area contributed by atoms with E-state index in [1.54, 1.807) is 4.90 Å². The van der Waals surface area contributed by atoms with Gasteiger partial charge in [0.1, 0.15) is 0 Å². The van der Waals surface area contributed by atoms with Crippen molar-refractivity contribution in [2.24, 2.45) is 17.8 Å². The molecule has 1 aliphatic heterocycles. The van der Waals surface area contributed by atoms with E-state index in [9.17, 15) is 4.79 Å². The summed E-state index contributed by atoms with van der Waals surface area (Å²) in [4.78, 5) is 13.1. The molecule has 0 bridgehead atoms. The van der Waals surface area contributed by atoms with Crippen molar-refractivity contribution >= 4 is 18.3 Å². The second-order valence-corrected chi connectivity index (χ2v) is 3.74. The highest BCUT2D eigenvalue weighted by atomic mass is 35.5. The molecule has 0 aromatic carbocycles. The number of nitrogens with zero attached hydrogens (tertiary/aromatic N) is 1. The van der Waals surface area contributed by atoms with Gasteiger partial charge in [-0.15, -0.1) is 12.4 Å². The molecule has 1 unspecified atom stereocenters. The second-order valence-electron chi connectivity index (χ2n) is 3.74. The van der Waals surface area contributed by atoms with Crippen molar-refractivity contribution in [1.29, 1.82) is 0 Å². The fourth-order valence-corrected chi connectivity index (χ4v) is 2.08. The van der Waals surface area contributed by atoms with Crippen molar-refractivity contribution in [3.05, 3.63) is 0 Å². The monoisotopic (exact) mass is 190 g/mol. The fourth-order valence-electron chi connectivity index (χ4n) is 2.08. The number of nitrogens with one attached hydrogen (secondary N) is 1. The molecule has 0 radical (unpaired) electrons. The third-order valence-electron chi connectivity index (χ3n) is 2.82. The quantitative estimate of drug-likeness (QED) is 0.630. The zero-order chi connectivity index (χ0) is 8.01. The Morgan fingerprint density at radius 3 is 2.25 bits per heavy atom. The Morgan fingerprint density at radius 1 is 1.33 bits per heavy atom. The van der Waals surface area contributed by atoms with Gasteiger partial charge in [0.25, 0.3) is 0 Å².